The van der Waals surface area contributed by atoms with Gasteiger partial charge in [0.1, 0.15) is 17.2 Å². The quantitative estimate of drug-likeness (QED) is 0.0172. The molecule has 326 valence electrons. The fourth-order valence-electron chi connectivity index (χ4n) is 7.08. The molecule has 0 aliphatic rings. The number of rotatable bonds is 27. The highest BCUT2D eigenvalue weighted by Gasteiger charge is 2.14. The van der Waals surface area contributed by atoms with Crippen LogP contribution < -0.4 is 14.2 Å². The predicted molar refractivity (Wildman–Crippen MR) is 253 cm³/mol. The molecule has 0 fully saturated rings. The van der Waals surface area contributed by atoms with Gasteiger partial charge < -0.3 is 14.2 Å². The first-order valence-electron chi connectivity index (χ1n) is 22.9. The third-order valence-electron chi connectivity index (χ3n) is 10.9. The molecule has 62 heavy (non-hydrogen) atoms. The van der Waals surface area contributed by atoms with Crippen LogP contribution >= 0.6 is 0 Å². The van der Waals surface area contributed by atoms with Crippen LogP contribution in [-0.2, 0) is 6.42 Å². The number of carbonyl (C=O) groups is 2. The number of aliphatic imine (C=N–C) groups is 1. The Morgan fingerprint density at radius 3 is 1.61 bits per heavy atom. The lowest BCUT2D eigenvalue weighted by Gasteiger charge is -2.09. The molecule has 0 bridgehead atoms. The smallest absolute Gasteiger partial charge is 0.343 e. The summed E-state index contributed by atoms with van der Waals surface area (Å²) >= 11 is 0. The summed E-state index contributed by atoms with van der Waals surface area (Å²) in [5, 5.41) is 8.77. The molecule has 0 saturated carbocycles. The Morgan fingerprint density at radius 1 is 0.516 bits per heavy atom. The van der Waals surface area contributed by atoms with E-state index in [-0.39, 0.29) is 0 Å². The number of nitrogens with zero attached hydrogens (tertiary/aromatic N) is 3. The van der Waals surface area contributed by atoms with Gasteiger partial charge in [-0.1, -0.05) is 122 Å². The van der Waals surface area contributed by atoms with Gasteiger partial charge in [-0.2, -0.15) is 10.2 Å². The monoisotopic (exact) mass is 835 g/mol. The summed E-state index contributed by atoms with van der Waals surface area (Å²) in [4.78, 5) is 30.6. The lowest BCUT2D eigenvalue weighted by atomic mass is 10.0. The summed E-state index contributed by atoms with van der Waals surface area (Å²) in [5.41, 5.74) is 5.78. The summed E-state index contributed by atoms with van der Waals surface area (Å²) in [5.74, 6) is 0.650. The first kappa shape index (κ1) is 47.2. The second kappa shape index (κ2) is 27.1. The van der Waals surface area contributed by atoms with Crippen molar-refractivity contribution in [3.8, 4) is 17.2 Å². The number of unbranched alkanes of at least 4 members (excludes halogenated alkanes) is 14. The first-order valence-corrected chi connectivity index (χ1v) is 22.9. The summed E-state index contributed by atoms with van der Waals surface area (Å²) in [6, 6.07) is 34.7. The number of carbonyl (C=O) groups excluding carboxylic acids is 2. The van der Waals surface area contributed by atoms with Crippen molar-refractivity contribution in [1.29, 1.82) is 0 Å². The minimum atomic E-state index is -0.478. The van der Waals surface area contributed by atoms with E-state index in [1.807, 2.05) is 37.3 Å². The van der Waals surface area contributed by atoms with Gasteiger partial charge in [-0.05, 0) is 140 Å². The Kier molecular flexibility index (Phi) is 20.6. The zero-order valence-corrected chi connectivity index (χ0v) is 37.2. The van der Waals surface area contributed by atoms with Crippen molar-refractivity contribution in [2.45, 2.75) is 130 Å². The Bertz CT molecular complexity index is 2130. The topological polar surface area (TPSA) is 98.9 Å². The molecule has 0 N–H and O–H groups in total. The fourth-order valence-corrected chi connectivity index (χ4v) is 7.08. The minimum absolute atomic E-state index is 0.407. The van der Waals surface area contributed by atoms with Crippen LogP contribution in [0.4, 0.5) is 17.1 Å². The van der Waals surface area contributed by atoms with Crippen molar-refractivity contribution in [3.63, 3.8) is 0 Å². The van der Waals surface area contributed by atoms with Crippen molar-refractivity contribution in [1.82, 2.24) is 0 Å². The van der Waals surface area contributed by atoms with Gasteiger partial charge in [0.15, 0.2) is 0 Å². The molecule has 0 unspecified atom stereocenters. The Hall–Kier alpha value is -5.89. The van der Waals surface area contributed by atoms with Crippen molar-refractivity contribution in [2.75, 3.05) is 6.61 Å². The van der Waals surface area contributed by atoms with E-state index in [0.717, 1.165) is 29.8 Å². The maximum Gasteiger partial charge on any atom is 0.343 e. The van der Waals surface area contributed by atoms with Crippen molar-refractivity contribution >= 4 is 35.2 Å². The molecule has 8 heteroatoms. The van der Waals surface area contributed by atoms with Crippen LogP contribution in [0.5, 0.6) is 17.2 Å². The fraction of sp³-hybridized carbons (Fsp3) is 0.389. The summed E-state index contributed by atoms with van der Waals surface area (Å²) in [7, 11) is 0. The van der Waals surface area contributed by atoms with E-state index < -0.39 is 11.9 Å². The van der Waals surface area contributed by atoms with Gasteiger partial charge in [-0.3, -0.25) is 4.99 Å². The maximum atomic E-state index is 13.2. The van der Waals surface area contributed by atoms with E-state index in [2.05, 4.69) is 41.2 Å². The van der Waals surface area contributed by atoms with E-state index in [4.69, 9.17) is 14.2 Å². The van der Waals surface area contributed by atoms with E-state index >= 15 is 0 Å². The maximum absolute atomic E-state index is 13.2. The molecule has 0 aliphatic carbocycles. The number of esters is 2. The van der Waals surface area contributed by atoms with Crippen LogP contribution in [-0.4, -0.2) is 24.8 Å². The van der Waals surface area contributed by atoms with Crippen molar-refractivity contribution < 1.29 is 23.8 Å². The number of benzene rings is 5. The van der Waals surface area contributed by atoms with Gasteiger partial charge >= 0.3 is 11.9 Å². The van der Waals surface area contributed by atoms with Crippen LogP contribution in [0, 0.1) is 6.92 Å². The molecule has 0 atom stereocenters. The van der Waals surface area contributed by atoms with Crippen LogP contribution in [0.1, 0.15) is 154 Å². The lowest BCUT2D eigenvalue weighted by molar-refractivity contribution is 0.0724. The van der Waals surface area contributed by atoms with Crippen LogP contribution in [0.15, 0.2) is 130 Å². The minimum Gasteiger partial charge on any atom is -0.494 e. The highest BCUT2D eigenvalue weighted by Crippen LogP contribution is 2.26. The molecule has 0 amide bonds. The standard InChI is InChI=1S/C54H65N3O5/c1-4-6-8-10-12-13-14-15-16-18-21-43-24-30-46(31-25-43)56-57-47-32-38-50(39-33-47)62-54(59)51-22-20-23-52(42(51)3)55-41-44-26-34-49(35-27-44)61-53(58)45-28-36-48(37-29-45)60-40-19-17-11-9-7-5-2/h20,22-39,41H,4-19,21,40H2,1-3H3. The Labute approximate surface area is 369 Å². The molecular weight excluding hydrogens is 771 g/mol. The second-order valence-electron chi connectivity index (χ2n) is 16.0. The average molecular weight is 836 g/mol. The highest BCUT2D eigenvalue weighted by atomic mass is 16.5. The zero-order valence-electron chi connectivity index (χ0n) is 37.2. The normalized spacial score (nSPS) is 11.3. The van der Waals surface area contributed by atoms with Gasteiger partial charge in [-0.25, -0.2) is 9.59 Å². The van der Waals surface area contributed by atoms with Crippen LogP contribution in [0.3, 0.4) is 0 Å². The third-order valence-corrected chi connectivity index (χ3v) is 10.9. The molecule has 0 aromatic heterocycles. The van der Waals surface area contributed by atoms with Gasteiger partial charge in [0, 0.05) is 6.21 Å². The number of hydrogen-bond donors (Lipinski definition) is 0. The van der Waals surface area contributed by atoms with Crippen molar-refractivity contribution in [3.05, 3.63) is 143 Å². The summed E-state index contributed by atoms with van der Waals surface area (Å²) < 4.78 is 17.1. The molecule has 0 saturated heterocycles. The van der Waals surface area contributed by atoms with Gasteiger partial charge in [0.2, 0.25) is 0 Å². The molecule has 0 aliphatic heterocycles. The largest absolute Gasteiger partial charge is 0.494 e. The molecule has 5 aromatic rings. The number of hydrogen-bond acceptors (Lipinski definition) is 8. The Balaban J connectivity index is 1.03. The third kappa shape index (κ3) is 16.9. The predicted octanol–water partition coefficient (Wildman–Crippen LogP) is 15.8. The molecule has 0 radical (unpaired) electrons. The first-order chi connectivity index (χ1) is 30.4. The van der Waals surface area contributed by atoms with Gasteiger partial charge in [-0.15, -0.1) is 0 Å². The molecule has 0 spiro atoms. The molecule has 8 nitrogen and oxygen atoms in total. The van der Waals surface area contributed by atoms with E-state index in [1.165, 1.54) is 102 Å². The van der Waals surface area contributed by atoms with E-state index in [9.17, 15) is 9.59 Å². The molecule has 5 aromatic carbocycles. The number of aryl methyl sites for hydroxylation is 1. The number of azo groups is 1. The number of ether oxygens (including phenoxy) is 3. The van der Waals surface area contributed by atoms with Gasteiger partial charge in [0.05, 0.1) is 34.8 Å². The van der Waals surface area contributed by atoms with E-state index in [1.54, 1.807) is 79.0 Å². The second-order valence-corrected chi connectivity index (χ2v) is 16.0. The van der Waals surface area contributed by atoms with Crippen LogP contribution in [0.2, 0.25) is 0 Å². The zero-order chi connectivity index (χ0) is 43.6. The molecular formula is C54H65N3O5. The highest BCUT2D eigenvalue weighted by molar-refractivity contribution is 5.95. The SMILES string of the molecule is CCCCCCCCCCCCc1ccc(N=Nc2ccc(OC(=O)c3cccc(N=Cc4ccc(OC(=O)c5ccc(OCCCCCCCC)cc5)cc4)c3C)cc2)cc1. The van der Waals surface area contributed by atoms with E-state index in [0.29, 0.717) is 46.2 Å². The molecule has 0 heterocycles. The van der Waals surface area contributed by atoms with Crippen molar-refractivity contribution in [2.24, 2.45) is 15.2 Å². The summed E-state index contributed by atoms with van der Waals surface area (Å²) in [6.07, 6.45) is 23.5. The molecule has 5 rings (SSSR count). The summed E-state index contributed by atoms with van der Waals surface area (Å²) in [6.45, 7) is 7.00. The van der Waals surface area contributed by atoms with Crippen LogP contribution in [0.25, 0.3) is 0 Å². The average Bonchev–Trinajstić information content (AvgIpc) is 3.29. The Morgan fingerprint density at radius 2 is 1.02 bits per heavy atom. The lowest BCUT2D eigenvalue weighted by Crippen LogP contribution is -2.10. The van der Waals surface area contributed by atoms with Gasteiger partial charge in [0.25, 0.3) is 0 Å².